The third-order valence-electron chi connectivity index (χ3n) is 4.23. The van der Waals surface area contributed by atoms with E-state index >= 15 is 0 Å². The second-order valence-electron chi connectivity index (χ2n) is 5.67. The fourth-order valence-electron chi connectivity index (χ4n) is 2.93. The molecule has 2 heterocycles. The van der Waals surface area contributed by atoms with Crippen LogP contribution in [0.4, 0.5) is 0 Å². The highest BCUT2D eigenvalue weighted by Gasteiger charge is 2.18. The van der Waals surface area contributed by atoms with Crippen molar-refractivity contribution in [1.29, 1.82) is 0 Å². The fourth-order valence-corrected chi connectivity index (χ4v) is 2.93. The maximum absolute atomic E-state index is 12.4. The summed E-state index contributed by atoms with van der Waals surface area (Å²) in [6.45, 7) is 1.43. The molecular formula is C16H18N4O4. The lowest BCUT2D eigenvalue weighted by molar-refractivity contribution is 0.622. The van der Waals surface area contributed by atoms with Crippen LogP contribution in [0.5, 0.6) is 0 Å². The van der Waals surface area contributed by atoms with Crippen LogP contribution in [0.15, 0.2) is 31.3 Å². The zero-order chi connectivity index (χ0) is 17.4. The summed E-state index contributed by atoms with van der Waals surface area (Å²) >= 11 is 0. The van der Waals surface area contributed by atoms with E-state index in [4.69, 9.17) is 0 Å². The van der Waals surface area contributed by atoms with Gasteiger partial charge in [0.2, 0.25) is 0 Å². The van der Waals surface area contributed by atoms with E-state index in [1.54, 1.807) is 14.1 Å². The number of likely N-dealkylation sites (N-methyl/N-ethyl adjacent to an activating group) is 2. The minimum Gasteiger partial charge on any atom is -0.318 e. The van der Waals surface area contributed by atoms with E-state index in [1.807, 2.05) is 0 Å². The van der Waals surface area contributed by atoms with Gasteiger partial charge in [-0.05, 0) is 26.2 Å². The highest BCUT2D eigenvalue weighted by molar-refractivity contribution is 5.97. The topological polar surface area (TPSA) is 102 Å². The van der Waals surface area contributed by atoms with Crippen molar-refractivity contribution in [2.24, 2.45) is 0 Å². The molecule has 3 aromatic rings. The van der Waals surface area contributed by atoms with Crippen LogP contribution >= 0.6 is 0 Å². The molecule has 0 fully saturated rings. The number of nitrogens with one attached hydrogen (secondary N) is 2. The summed E-state index contributed by atoms with van der Waals surface area (Å²) in [6.07, 6.45) is 0. The zero-order valence-electron chi connectivity index (χ0n) is 13.5. The quantitative estimate of drug-likeness (QED) is 0.562. The molecule has 126 valence electrons. The molecule has 0 aliphatic rings. The van der Waals surface area contributed by atoms with E-state index in [2.05, 4.69) is 10.6 Å². The molecule has 3 rings (SSSR count). The van der Waals surface area contributed by atoms with Gasteiger partial charge in [0.1, 0.15) is 0 Å². The molecule has 8 nitrogen and oxygen atoms in total. The summed E-state index contributed by atoms with van der Waals surface area (Å²) in [4.78, 5) is 49.6. The van der Waals surface area contributed by atoms with Gasteiger partial charge >= 0.3 is 0 Å². The molecule has 0 bridgehead atoms. The van der Waals surface area contributed by atoms with E-state index in [0.29, 0.717) is 13.1 Å². The van der Waals surface area contributed by atoms with Gasteiger partial charge in [0.05, 0.1) is 21.5 Å². The first-order valence-corrected chi connectivity index (χ1v) is 7.71. The van der Waals surface area contributed by atoms with E-state index < -0.39 is 22.2 Å². The van der Waals surface area contributed by atoms with Gasteiger partial charge < -0.3 is 10.6 Å². The fraction of sp³-hybridized carbons (Fsp3) is 0.375. The molecule has 0 aliphatic carbocycles. The third-order valence-corrected chi connectivity index (χ3v) is 4.23. The highest BCUT2D eigenvalue weighted by Crippen LogP contribution is 2.14. The lowest BCUT2D eigenvalue weighted by atomic mass is 10.1. The normalized spacial score (nSPS) is 11.8. The van der Waals surface area contributed by atoms with Gasteiger partial charge in [-0.25, -0.2) is 0 Å². The van der Waals surface area contributed by atoms with Crippen LogP contribution in [-0.4, -0.2) is 36.3 Å². The van der Waals surface area contributed by atoms with Gasteiger partial charge in [0, 0.05) is 26.2 Å². The minimum absolute atomic E-state index is 0.187. The Bertz CT molecular complexity index is 951. The molecule has 24 heavy (non-hydrogen) atoms. The number of aromatic nitrogens is 2. The molecule has 0 spiro atoms. The molecule has 2 N–H and O–H groups in total. The van der Waals surface area contributed by atoms with Crippen molar-refractivity contribution < 1.29 is 0 Å². The number of hydrogen-bond donors (Lipinski definition) is 2. The van der Waals surface area contributed by atoms with Crippen LogP contribution in [0.1, 0.15) is 0 Å². The number of benzene rings is 1. The molecular weight excluding hydrogens is 312 g/mol. The van der Waals surface area contributed by atoms with Crippen molar-refractivity contribution in [2.45, 2.75) is 13.1 Å². The van der Waals surface area contributed by atoms with Gasteiger partial charge in [-0.15, -0.1) is 0 Å². The van der Waals surface area contributed by atoms with E-state index in [9.17, 15) is 19.2 Å². The maximum Gasteiger partial charge on any atom is 0.261 e. The first-order chi connectivity index (χ1) is 11.5. The van der Waals surface area contributed by atoms with Crippen molar-refractivity contribution in [3.8, 4) is 0 Å². The van der Waals surface area contributed by atoms with Crippen molar-refractivity contribution >= 4 is 21.5 Å². The van der Waals surface area contributed by atoms with Gasteiger partial charge in [-0.2, -0.15) is 0 Å². The Balaban J connectivity index is 2.30. The summed E-state index contributed by atoms with van der Waals surface area (Å²) < 4.78 is 2.26. The predicted octanol–water partition coefficient (Wildman–Crippen LogP) is -1.65. The standard InChI is InChI=1S/C16H18N4O4/c1-17-3-5-19-13(21)9-7-11-12(8-10(9)14(19)22)16(24)20(15(11)23)6-4-18-2/h7-8,17-18H,3-6H2,1-2H3. The van der Waals surface area contributed by atoms with Gasteiger partial charge in [0.25, 0.3) is 22.2 Å². The Morgan fingerprint density at radius 2 is 0.958 bits per heavy atom. The first-order valence-electron chi connectivity index (χ1n) is 7.71. The summed E-state index contributed by atoms with van der Waals surface area (Å²) in [5.74, 6) is 0. The van der Waals surface area contributed by atoms with Crippen LogP contribution in [0.2, 0.25) is 0 Å². The van der Waals surface area contributed by atoms with Crippen LogP contribution in [0.3, 0.4) is 0 Å². The zero-order valence-corrected chi connectivity index (χ0v) is 13.5. The number of nitrogens with zero attached hydrogens (tertiary/aromatic N) is 2. The van der Waals surface area contributed by atoms with Crippen molar-refractivity contribution in [3.05, 3.63) is 53.5 Å². The van der Waals surface area contributed by atoms with E-state index in [-0.39, 0.29) is 34.6 Å². The molecule has 0 atom stereocenters. The molecule has 0 amide bonds. The van der Waals surface area contributed by atoms with Crippen LogP contribution in [-0.2, 0) is 13.1 Å². The molecule has 0 saturated carbocycles. The Hall–Kier alpha value is -2.58. The monoisotopic (exact) mass is 330 g/mol. The van der Waals surface area contributed by atoms with Gasteiger partial charge in [0.15, 0.2) is 0 Å². The minimum atomic E-state index is -0.429. The average Bonchev–Trinajstić information content (AvgIpc) is 2.95. The van der Waals surface area contributed by atoms with E-state index in [1.165, 1.54) is 12.1 Å². The number of rotatable bonds is 6. The van der Waals surface area contributed by atoms with Crippen LogP contribution in [0.25, 0.3) is 21.5 Å². The molecule has 0 unspecified atom stereocenters. The van der Waals surface area contributed by atoms with Gasteiger partial charge in [-0.3, -0.25) is 28.3 Å². The third kappa shape index (κ3) is 2.31. The highest BCUT2D eigenvalue weighted by atomic mass is 16.2. The SMILES string of the molecule is CNCCn1c(=O)c2cc3c(=O)n(CCNC)c(=O)c3cc2c1=O. The lowest BCUT2D eigenvalue weighted by Crippen LogP contribution is -2.30. The predicted molar refractivity (Wildman–Crippen MR) is 92.7 cm³/mol. The summed E-state index contributed by atoms with van der Waals surface area (Å²) in [6, 6.07) is 2.76. The largest absolute Gasteiger partial charge is 0.318 e. The van der Waals surface area contributed by atoms with Crippen molar-refractivity contribution in [2.75, 3.05) is 27.2 Å². The summed E-state index contributed by atoms with van der Waals surface area (Å²) in [7, 11) is 3.45. The Morgan fingerprint density at radius 1 is 0.667 bits per heavy atom. The lowest BCUT2D eigenvalue weighted by Gasteiger charge is -1.98. The Morgan fingerprint density at radius 3 is 1.21 bits per heavy atom. The maximum atomic E-state index is 12.4. The molecule has 2 aromatic heterocycles. The second-order valence-corrected chi connectivity index (χ2v) is 5.67. The summed E-state index contributed by atoms with van der Waals surface area (Å²) in [5.41, 5.74) is -1.71. The molecule has 8 heteroatoms. The number of hydrogen-bond acceptors (Lipinski definition) is 6. The first kappa shape index (κ1) is 16.3. The molecule has 0 radical (unpaired) electrons. The number of fused-ring (bicyclic) bond motifs is 2. The van der Waals surface area contributed by atoms with Gasteiger partial charge in [-0.1, -0.05) is 0 Å². The summed E-state index contributed by atoms with van der Waals surface area (Å²) in [5, 5.41) is 6.51. The molecule has 1 aromatic carbocycles. The van der Waals surface area contributed by atoms with Crippen molar-refractivity contribution in [3.63, 3.8) is 0 Å². The van der Waals surface area contributed by atoms with Crippen LogP contribution < -0.4 is 32.9 Å². The smallest absolute Gasteiger partial charge is 0.261 e. The van der Waals surface area contributed by atoms with Crippen LogP contribution in [0, 0.1) is 0 Å². The van der Waals surface area contributed by atoms with Crippen molar-refractivity contribution in [1.82, 2.24) is 19.8 Å². The molecule has 0 saturated heterocycles. The average molecular weight is 330 g/mol. The second kappa shape index (κ2) is 6.14. The molecule has 0 aliphatic heterocycles. The Labute approximate surface area is 136 Å². The van der Waals surface area contributed by atoms with E-state index in [0.717, 1.165) is 9.13 Å². The Kier molecular flexibility index (Phi) is 4.16.